The summed E-state index contributed by atoms with van der Waals surface area (Å²) in [5.74, 6) is -5.51. The molecule has 0 saturated heterocycles. The maximum atomic E-state index is 10.6. The van der Waals surface area contributed by atoms with Gasteiger partial charge in [-0.15, -0.1) is 0 Å². The van der Waals surface area contributed by atoms with Crippen LogP contribution in [0.4, 0.5) is 37.7 Å². The first-order valence-corrected chi connectivity index (χ1v) is 11.9. The van der Waals surface area contributed by atoms with Crippen LogP contribution in [0.5, 0.6) is 0 Å². The molecule has 2 heterocycles. The molecular formula is C28H17F6N5O4. The maximum Gasteiger partial charge on any atom is 0.490 e. The first kappa shape index (κ1) is 30.4. The zero-order valence-electron chi connectivity index (χ0n) is 21.4. The molecule has 3 N–H and O–H groups in total. The second-order valence-corrected chi connectivity index (χ2v) is 8.50. The highest BCUT2D eigenvalue weighted by Gasteiger charge is 2.38. The summed E-state index contributed by atoms with van der Waals surface area (Å²) in [6.45, 7) is 0. The number of carboxylic acid groups (broad SMARTS) is 2. The number of aliphatic carboxylic acids is 2. The van der Waals surface area contributed by atoms with E-state index in [2.05, 4.69) is 5.32 Å². The van der Waals surface area contributed by atoms with Gasteiger partial charge in [-0.1, -0.05) is 36.4 Å². The van der Waals surface area contributed by atoms with E-state index in [1.807, 2.05) is 84.9 Å². The molecule has 0 radical (unpaired) electrons. The van der Waals surface area contributed by atoms with Gasteiger partial charge >= 0.3 is 24.3 Å². The van der Waals surface area contributed by atoms with Crippen LogP contribution in [0.3, 0.4) is 0 Å². The van der Waals surface area contributed by atoms with Gasteiger partial charge in [-0.25, -0.2) is 29.5 Å². The maximum absolute atomic E-state index is 10.6. The van der Waals surface area contributed by atoms with Crippen molar-refractivity contribution in [3.63, 3.8) is 0 Å². The van der Waals surface area contributed by atoms with E-state index in [1.165, 1.54) is 0 Å². The molecule has 2 aromatic heterocycles. The van der Waals surface area contributed by atoms with E-state index in [9.17, 15) is 26.3 Å². The summed E-state index contributed by atoms with van der Waals surface area (Å²) in [5.41, 5.74) is 8.67. The van der Waals surface area contributed by atoms with Gasteiger partial charge < -0.3 is 15.5 Å². The normalized spacial score (nSPS) is 11.4. The Hall–Kier alpha value is -5.60. The van der Waals surface area contributed by atoms with Crippen molar-refractivity contribution in [2.75, 3.05) is 5.32 Å². The van der Waals surface area contributed by atoms with E-state index in [-0.39, 0.29) is 0 Å². The number of nitrogens with one attached hydrogen (secondary N) is 1. The fourth-order valence-electron chi connectivity index (χ4n) is 3.63. The summed E-state index contributed by atoms with van der Waals surface area (Å²) in [5, 5.41) is 17.8. The van der Waals surface area contributed by atoms with Gasteiger partial charge in [0.05, 0.1) is 44.5 Å². The Balaban J connectivity index is 0.000000254. The lowest BCUT2D eigenvalue weighted by Gasteiger charge is -2.12. The highest BCUT2D eigenvalue weighted by Crippen LogP contribution is 2.30. The minimum absolute atomic E-state index is 0.831. The highest BCUT2D eigenvalue weighted by atomic mass is 19.4. The molecule has 43 heavy (non-hydrogen) atoms. The van der Waals surface area contributed by atoms with Crippen molar-refractivity contribution in [3.8, 4) is 0 Å². The molecule has 0 spiro atoms. The molecule has 0 aliphatic heterocycles. The molecule has 0 bridgehead atoms. The average Bonchev–Trinajstić information content (AvgIpc) is 2.95. The van der Waals surface area contributed by atoms with Gasteiger partial charge in [0.2, 0.25) is 0 Å². The molecule has 0 amide bonds. The number of carbonyl (C=O) groups is 2. The summed E-state index contributed by atoms with van der Waals surface area (Å²) < 4.78 is 63.5. The van der Waals surface area contributed by atoms with Crippen LogP contribution in [-0.2, 0) is 9.59 Å². The van der Waals surface area contributed by atoms with Crippen molar-refractivity contribution in [1.82, 2.24) is 19.9 Å². The largest absolute Gasteiger partial charge is 0.490 e. The smallest absolute Gasteiger partial charge is 0.475 e. The Morgan fingerprint density at radius 1 is 0.488 bits per heavy atom. The summed E-state index contributed by atoms with van der Waals surface area (Å²) >= 11 is 0. The summed E-state index contributed by atoms with van der Waals surface area (Å²) in [6.07, 6.45) is -10.2. The van der Waals surface area contributed by atoms with Crippen LogP contribution in [0.15, 0.2) is 84.9 Å². The second kappa shape index (κ2) is 12.1. The number of carboxylic acids is 2. The lowest BCUT2D eigenvalue weighted by atomic mass is 10.2. The molecule has 6 aromatic rings. The molecular weight excluding hydrogens is 584 g/mol. The van der Waals surface area contributed by atoms with Gasteiger partial charge in [-0.05, 0) is 48.5 Å². The first-order valence-electron chi connectivity index (χ1n) is 11.9. The molecule has 4 aromatic carbocycles. The minimum Gasteiger partial charge on any atom is -0.475 e. The molecule has 0 fully saturated rings. The Labute approximate surface area is 236 Å². The van der Waals surface area contributed by atoms with Gasteiger partial charge in [0.1, 0.15) is 11.0 Å². The number of hydrogen-bond acceptors (Lipinski definition) is 7. The van der Waals surface area contributed by atoms with E-state index in [0.29, 0.717) is 0 Å². The Morgan fingerprint density at radius 3 is 1.07 bits per heavy atom. The number of nitrogens with zero attached hydrogens (tertiary/aromatic N) is 4. The molecule has 0 aliphatic carbocycles. The predicted molar refractivity (Wildman–Crippen MR) is 145 cm³/mol. The van der Waals surface area contributed by atoms with E-state index >= 15 is 0 Å². The molecule has 9 nitrogen and oxygen atoms in total. The van der Waals surface area contributed by atoms with Crippen LogP contribution in [0.2, 0.25) is 0 Å². The van der Waals surface area contributed by atoms with E-state index in [0.717, 1.165) is 55.5 Å². The molecule has 0 unspecified atom stereocenters. The number of alkyl halides is 6. The van der Waals surface area contributed by atoms with Crippen molar-refractivity contribution >= 4 is 67.4 Å². The fraction of sp³-hybridized carbons (Fsp3) is 0.0714. The van der Waals surface area contributed by atoms with Crippen LogP contribution in [0.25, 0.3) is 44.1 Å². The highest BCUT2D eigenvalue weighted by molar-refractivity contribution is 5.99. The Kier molecular flexibility index (Phi) is 8.54. The quantitative estimate of drug-likeness (QED) is 0.143. The van der Waals surface area contributed by atoms with Crippen molar-refractivity contribution in [2.45, 2.75) is 12.4 Å². The fourth-order valence-corrected chi connectivity index (χ4v) is 3.63. The average molecular weight is 601 g/mol. The lowest BCUT2D eigenvalue weighted by molar-refractivity contribution is -0.193. The van der Waals surface area contributed by atoms with Gasteiger partial charge in [-0.2, -0.15) is 26.3 Å². The summed E-state index contributed by atoms with van der Waals surface area (Å²) in [4.78, 5) is 37.0. The van der Waals surface area contributed by atoms with Crippen LogP contribution < -0.4 is 5.32 Å². The van der Waals surface area contributed by atoms with Crippen LogP contribution >= 0.6 is 0 Å². The monoisotopic (exact) mass is 601 g/mol. The number of hydrogen-bond donors (Lipinski definition) is 3. The topological polar surface area (TPSA) is 138 Å². The molecule has 0 atom stereocenters. The van der Waals surface area contributed by atoms with Crippen molar-refractivity contribution in [3.05, 3.63) is 84.9 Å². The minimum atomic E-state index is -5.08. The number of aromatic nitrogens is 4. The van der Waals surface area contributed by atoms with Crippen molar-refractivity contribution < 1.29 is 46.1 Å². The van der Waals surface area contributed by atoms with E-state index in [4.69, 9.17) is 39.7 Å². The Bertz CT molecular complexity index is 1820. The Morgan fingerprint density at radius 2 is 0.767 bits per heavy atom. The van der Waals surface area contributed by atoms with Gasteiger partial charge in [0, 0.05) is 0 Å². The predicted octanol–water partition coefficient (Wildman–Crippen LogP) is 6.89. The van der Waals surface area contributed by atoms with Gasteiger partial charge in [0.25, 0.3) is 0 Å². The van der Waals surface area contributed by atoms with Gasteiger partial charge in [-0.3, -0.25) is 0 Å². The second-order valence-electron chi connectivity index (χ2n) is 8.50. The standard InChI is InChI=1S/C24H15N5.2C2HF3O2/c1-3-9-17-15(7-1)25-19-11-5-13-21(23(19)28-17)27-22-14-6-12-20-24(22)29-18-10-4-2-8-16(18)26-20;2*3-2(4,5)1(6)7/h1-14,27H;2*(H,6,7). The molecule has 0 aliphatic rings. The third kappa shape index (κ3) is 7.38. The SMILES string of the molecule is O=C(O)C(F)(F)F.O=C(O)C(F)(F)F.c1ccc2nc3c(Nc4cccc5nc6ccccc6nc45)cccc3nc2c1. The lowest BCUT2D eigenvalue weighted by Crippen LogP contribution is -2.21. The third-order valence-corrected chi connectivity index (χ3v) is 5.49. The van der Waals surface area contributed by atoms with Crippen molar-refractivity contribution in [1.29, 1.82) is 0 Å². The third-order valence-electron chi connectivity index (χ3n) is 5.49. The van der Waals surface area contributed by atoms with Gasteiger partial charge in [0.15, 0.2) is 0 Å². The van der Waals surface area contributed by atoms with Crippen molar-refractivity contribution in [2.24, 2.45) is 0 Å². The number of anilines is 2. The number of fused-ring (bicyclic) bond motifs is 4. The number of halogens is 6. The molecule has 6 rings (SSSR count). The zero-order chi connectivity index (χ0) is 31.4. The van der Waals surface area contributed by atoms with Crippen LogP contribution in [0.1, 0.15) is 0 Å². The number of rotatable bonds is 2. The number of benzene rings is 4. The zero-order valence-corrected chi connectivity index (χ0v) is 21.4. The summed E-state index contributed by atoms with van der Waals surface area (Å²) in [6, 6.07) is 27.8. The molecule has 220 valence electrons. The van der Waals surface area contributed by atoms with Crippen LogP contribution in [0, 0.1) is 0 Å². The van der Waals surface area contributed by atoms with E-state index in [1.54, 1.807) is 0 Å². The molecule has 0 saturated carbocycles. The van der Waals surface area contributed by atoms with E-state index < -0.39 is 24.3 Å². The summed E-state index contributed by atoms with van der Waals surface area (Å²) in [7, 11) is 0. The first-order chi connectivity index (χ1) is 20.2. The number of para-hydroxylation sites is 6. The molecule has 15 heteroatoms. The van der Waals surface area contributed by atoms with Crippen LogP contribution in [-0.4, -0.2) is 54.4 Å².